The molecule has 0 bridgehead atoms. The van der Waals surface area contributed by atoms with Gasteiger partial charge in [0.1, 0.15) is 5.75 Å². The highest BCUT2D eigenvalue weighted by Crippen LogP contribution is 2.28. The van der Waals surface area contributed by atoms with Gasteiger partial charge in [-0.2, -0.15) is 0 Å². The van der Waals surface area contributed by atoms with Crippen LogP contribution in [0.4, 0.5) is 11.5 Å². The minimum absolute atomic E-state index is 0.0151. The zero-order chi connectivity index (χ0) is 21.6. The topological polar surface area (TPSA) is 67.3 Å². The van der Waals surface area contributed by atoms with Crippen molar-refractivity contribution in [2.75, 3.05) is 29.9 Å². The van der Waals surface area contributed by atoms with Crippen molar-refractivity contribution in [1.82, 2.24) is 10.2 Å². The fourth-order valence-electron chi connectivity index (χ4n) is 3.98. The Balaban J connectivity index is 1.44. The van der Waals surface area contributed by atoms with E-state index >= 15 is 0 Å². The number of para-hydroxylation sites is 2. The van der Waals surface area contributed by atoms with Crippen molar-refractivity contribution in [3.63, 3.8) is 0 Å². The van der Waals surface area contributed by atoms with Gasteiger partial charge in [-0.25, -0.2) is 0 Å². The van der Waals surface area contributed by atoms with Gasteiger partial charge in [0.15, 0.2) is 5.82 Å². The molecular formula is C25H28N4O2. The molecule has 3 aromatic rings. The predicted octanol–water partition coefficient (Wildman–Crippen LogP) is 4.71. The fourth-order valence-corrected chi connectivity index (χ4v) is 3.98. The first-order valence-electron chi connectivity index (χ1n) is 10.8. The summed E-state index contributed by atoms with van der Waals surface area (Å²) >= 11 is 0. The van der Waals surface area contributed by atoms with Crippen LogP contribution in [0.3, 0.4) is 0 Å². The van der Waals surface area contributed by atoms with E-state index in [0.717, 1.165) is 36.5 Å². The van der Waals surface area contributed by atoms with Crippen molar-refractivity contribution >= 4 is 17.4 Å². The number of piperidine rings is 1. The van der Waals surface area contributed by atoms with Gasteiger partial charge in [0.2, 0.25) is 5.91 Å². The highest BCUT2D eigenvalue weighted by Gasteiger charge is 2.27. The Kier molecular flexibility index (Phi) is 6.46. The summed E-state index contributed by atoms with van der Waals surface area (Å²) in [6, 6.07) is 19.7. The number of carbonyl (C=O) groups excluding carboxylic acids is 1. The Hall–Kier alpha value is -3.41. The van der Waals surface area contributed by atoms with Gasteiger partial charge in [0, 0.05) is 18.7 Å². The van der Waals surface area contributed by atoms with Crippen LogP contribution >= 0.6 is 0 Å². The molecule has 2 heterocycles. The fraction of sp³-hybridized carbons (Fsp3) is 0.320. The first-order chi connectivity index (χ1) is 15.2. The third-order valence-electron chi connectivity index (χ3n) is 5.63. The second-order valence-corrected chi connectivity index (χ2v) is 7.80. The maximum atomic E-state index is 12.9. The molecule has 1 atom stereocenters. The summed E-state index contributed by atoms with van der Waals surface area (Å²) in [6.45, 7) is 6.06. The molecule has 1 unspecified atom stereocenters. The Morgan fingerprint density at radius 1 is 1.10 bits per heavy atom. The van der Waals surface area contributed by atoms with E-state index in [2.05, 4.69) is 39.5 Å². The van der Waals surface area contributed by atoms with E-state index < -0.39 is 0 Å². The molecule has 1 fully saturated rings. The second-order valence-electron chi connectivity index (χ2n) is 7.80. The number of anilines is 2. The van der Waals surface area contributed by atoms with Gasteiger partial charge < -0.3 is 15.0 Å². The van der Waals surface area contributed by atoms with Crippen LogP contribution in [0.25, 0.3) is 11.3 Å². The highest BCUT2D eigenvalue weighted by atomic mass is 16.5. The minimum atomic E-state index is -0.110. The largest absolute Gasteiger partial charge is 0.492 e. The van der Waals surface area contributed by atoms with Crippen LogP contribution in [0, 0.1) is 12.8 Å². The quantitative estimate of drug-likeness (QED) is 0.631. The number of aryl methyl sites for hydroxylation is 1. The van der Waals surface area contributed by atoms with Crippen molar-refractivity contribution in [2.45, 2.75) is 26.7 Å². The van der Waals surface area contributed by atoms with Gasteiger partial charge >= 0.3 is 0 Å². The van der Waals surface area contributed by atoms with E-state index in [0.29, 0.717) is 24.6 Å². The summed E-state index contributed by atoms with van der Waals surface area (Å²) in [5, 5.41) is 12.0. The lowest BCUT2D eigenvalue weighted by atomic mass is 9.97. The molecule has 160 valence electrons. The molecule has 1 aliphatic heterocycles. The molecular weight excluding hydrogens is 388 g/mol. The van der Waals surface area contributed by atoms with Gasteiger partial charge in [-0.15, -0.1) is 10.2 Å². The first-order valence-corrected chi connectivity index (χ1v) is 10.8. The zero-order valence-electron chi connectivity index (χ0n) is 18.0. The molecule has 1 saturated heterocycles. The van der Waals surface area contributed by atoms with E-state index in [1.54, 1.807) is 0 Å². The van der Waals surface area contributed by atoms with Crippen LogP contribution in [0.15, 0.2) is 60.7 Å². The summed E-state index contributed by atoms with van der Waals surface area (Å²) in [5.41, 5.74) is 3.84. The molecule has 4 rings (SSSR count). The third kappa shape index (κ3) is 4.85. The molecule has 0 saturated carbocycles. The third-order valence-corrected chi connectivity index (χ3v) is 5.63. The molecule has 6 heteroatoms. The van der Waals surface area contributed by atoms with Crippen LogP contribution in [-0.2, 0) is 4.79 Å². The highest BCUT2D eigenvalue weighted by molar-refractivity contribution is 5.94. The van der Waals surface area contributed by atoms with Crippen molar-refractivity contribution < 1.29 is 9.53 Å². The Morgan fingerprint density at radius 3 is 2.68 bits per heavy atom. The van der Waals surface area contributed by atoms with Crippen LogP contribution in [0.1, 0.15) is 25.3 Å². The van der Waals surface area contributed by atoms with Crippen molar-refractivity contribution in [2.24, 2.45) is 5.92 Å². The average molecular weight is 417 g/mol. The van der Waals surface area contributed by atoms with Gasteiger partial charge in [-0.3, -0.25) is 4.79 Å². The second kappa shape index (κ2) is 9.60. The van der Waals surface area contributed by atoms with E-state index in [1.807, 2.05) is 55.5 Å². The summed E-state index contributed by atoms with van der Waals surface area (Å²) < 4.78 is 5.63. The monoisotopic (exact) mass is 416 g/mol. The lowest BCUT2D eigenvalue weighted by Gasteiger charge is -2.32. The number of benzene rings is 2. The van der Waals surface area contributed by atoms with Crippen molar-refractivity contribution in [3.8, 4) is 17.0 Å². The lowest BCUT2D eigenvalue weighted by molar-refractivity contribution is -0.120. The Labute approximate surface area is 183 Å². The Bertz CT molecular complexity index is 1040. The Morgan fingerprint density at radius 2 is 1.90 bits per heavy atom. The van der Waals surface area contributed by atoms with Gasteiger partial charge in [0.05, 0.1) is 23.9 Å². The predicted molar refractivity (Wildman–Crippen MR) is 123 cm³/mol. The number of rotatable bonds is 6. The van der Waals surface area contributed by atoms with Crippen molar-refractivity contribution in [3.05, 3.63) is 66.2 Å². The van der Waals surface area contributed by atoms with Crippen LogP contribution < -0.4 is 15.0 Å². The smallest absolute Gasteiger partial charge is 0.229 e. The molecule has 6 nitrogen and oxygen atoms in total. The molecule has 2 aromatic carbocycles. The summed E-state index contributed by atoms with van der Waals surface area (Å²) in [7, 11) is 0. The van der Waals surface area contributed by atoms with Crippen LogP contribution in [0.2, 0.25) is 0 Å². The molecule has 1 amide bonds. The number of aromatic nitrogens is 2. The molecule has 0 aliphatic carbocycles. The number of ether oxygens (including phenoxy) is 1. The van der Waals surface area contributed by atoms with Crippen LogP contribution in [-0.4, -0.2) is 35.8 Å². The van der Waals surface area contributed by atoms with E-state index in [-0.39, 0.29) is 11.8 Å². The minimum Gasteiger partial charge on any atom is -0.492 e. The van der Waals surface area contributed by atoms with Gasteiger partial charge in [-0.05, 0) is 56.5 Å². The normalized spacial score (nSPS) is 16.1. The molecule has 1 aliphatic rings. The maximum absolute atomic E-state index is 12.9. The number of carbonyl (C=O) groups is 1. The lowest BCUT2D eigenvalue weighted by Crippen LogP contribution is -2.41. The molecule has 1 N–H and O–H groups in total. The van der Waals surface area contributed by atoms with Gasteiger partial charge in [-0.1, -0.05) is 36.4 Å². The molecule has 0 spiro atoms. The zero-order valence-corrected chi connectivity index (χ0v) is 18.0. The number of nitrogens with zero attached hydrogens (tertiary/aromatic N) is 3. The number of hydrogen-bond acceptors (Lipinski definition) is 5. The van der Waals surface area contributed by atoms with E-state index in [4.69, 9.17) is 4.74 Å². The summed E-state index contributed by atoms with van der Waals surface area (Å²) in [4.78, 5) is 15.1. The maximum Gasteiger partial charge on any atom is 0.229 e. The first kappa shape index (κ1) is 20.8. The number of hydrogen-bond donors (Lipinski definition) is 1. The molecule has 31 heavy (non-hydrogen) atoms. The SMILES string of the molecule is CCOc1ccccc1NC(=O)C1CCCN(c2ccc(-c3ccccc3C)nn2)C1. The van der Waals surface area contributed by atoms with E-state index in [1.165, 1.54) is 5.56 Å². The van der Waals surface area contributed by atoms with Gasteiger partial charge in [0.25, 0.3) is 0 Å². The van der Waals surface area contributed by atoms with Crippen LogP contribution in [0.5, 0.6) is 5.75 Å². The van der Waals surface area contributed by atoms with Crippen molar-refractivity contribution in [1.29, 1.82) is 0 Å². The number of amides is 1. The summed E-state index contributed by atoms with van der Waals surface area (Å²) in [6.07, 6.45) is 1.79. The average Bonchev–Trinajstić information content (AvgIpc) is 2.81. The number of nitrogens with one attached hydrogen (secondary N) is 1. The molecule has 1 aromatic heterocycles. The van der Waals surface area contributed by atoms with E-state index in [9.17, 15) is 4.79 Å². The summed E-state index contributed by atoms with van der Waals surface area (Å²) in [5.74, 6) is 1.41. The molecule has 0 radical (unpaired) electrons. The standard InChI is InChI=1S/C25H28N4O2/c1-3-31-23-13-7-6-12-22(23)26-25(30)19-10-8-16-29(17-19)24-15-14-21(27-28-24)20-11-5-4-9-18(20)2/h4-7,9,11-15,19H,3,8,10,16-17H2,1-2H3,(H,26,30).